The molecular formula is C12H11F3O2. The maximum absolute atomic E-state index is 13.6. The third kappa shape index (κ3) is 1.90. The van der Waals surface area contributed by atoms with Crippen LogP contribution in [0, 0.1) is 5.82 Å². The molecule has 0 radical (unpaired) electrons. The monoisotopic (exact) mass is 244 g/mol. The van der Waals surface area contributed by atoms with Gasteiger partial charge in [0.15, 0.2) is 0 Å². The molecule has 5 heteroatoms. The first-order chi connectivity index (χ1) is 7.94. The Balaban J connectivity index is 2.51. The highest BCUT2D eigenvalue weighted by Crippen LogP contribution is 2.43. The third-order valence-corrected chi connectivity index (χ3v) is 3.15. The largest absolute Gasteiger partial charge is 0.477 e. The van der Waals surface area contributed by atoms with Crippen LogP contribution >= 0.6 is 0 Å². The summed E-state index contributed by atoms with van der Waals surface area (Å²) < 4.78 is 40.6. The van der Waals surface area contributed by atoms with Gasteiger partial charge >= 0.3 is 11.9 Å². The summed E-state index contributed by atoms with van der Waals surface area (Å²) in [6.45, 7) is 0. The fraction of sp³-hybridized carbons (Fsp3) is 0.417. The van der Waals surface area contributed by atoms with Gasteiger partial charge in [-0.3, -0.25) is 0 Å². The molecule has 1 aliphatic carbocycles. The summed E-state index contributed by atoms with van der Waals surface area (Å²) in [7, 11) is 0. The summed E-state index contributed by atoms with van der Waals surface area (Å²) in [5, 5.41) is 8.54. The van der Waals surface area contributed by atoms with Crippen LogP contribution in [0.25, 0.3) is 0 Å². The van der Waals surface area contributed by atoms with Crippen LogP contribution in [-0.4, -0.2) is 17.0 Å². The van der Waals surface area contributed by atoms with Crippen molar-refractivity contribution in [1.82, 2.24) is 0 Å². The van der Waals surface area contributed by atoms with E-state index in [1.165, 1.54) is 6.07 Å². The van der Waals surface area contributed by atoms with E-state index in [2.05, 4.69) is 0 Å². The van der Waals surface area contributed by atoms with E-state index in [1.54, 1.807) is 6.07 Å². The smallest absolute Gasteiger partial charge is 0.375 e. The van der Waals surface area contributed by atoms with E-state index in [-0.39, 0.29) is 12.0 Å². The standard InChI is InChI=1S/C12H11F3O2/c13-9-6-2-4-7-3-1-5-8(10(7)9)12(14,15)11(16)17/h2,4,6,8H,1,3,5H2,(H,16,17). The number of benzene rings is 1. The van der Waals surface area contributed by atoms with Gasteiger partial charge in [-0.1, -0.05) is 12.1 Å². The molecule has 1 aromatic carbocycles. The molecule has 0 heterocycles. The molecule has 0 spiro atoms. The van der Waals surface area contributed by atoms with Crippen LogP contribution in [0.5, 0.6) is 0 Å². The summed E-state index contributed by atoms with van der Waals surface area (Å²) in [4.78, 5) is 10.6. The van der Waals surface area contributed by atoms with Gasteiger partial charge in [0.05, 0.1) is 5.92 Å². The van der Waals surface area contributed by atoms with Crippen LogP contribution in [0.4, 0.5) is 13.2 Å². The average molecular weight is 244 g/mol. The Labute approximate surface area is 96.1 Å². The average Bonchev–Trinajstić information content (AvgIpc) is 2.28. The highest BCUT2D eigenvalue weighted by atomic mass is 19.3. The topological polar surface area (TPSA) is 37.3 Å². The molecule has 0 aromatic heterocycles. The summed E-state index contributed by atoms with van der Waals surface area (Å²) in [6, 6.07) is 4.12. The predicted octanol–water partition coefficient (Wildman–Crippen LogP) is 2.97. The minimum absolute atomic E-state index is 0.00671. The van der Waals surface area contributed by atoms with Gasteiger partial charge < -0.3 is 5.11 Å². The van der Waals surface area contributed by atoms with Crippen molar-refractivity contribution in [2.24, 2.45) is 0 Å². The minimum atomic E-state index is -3.92. The van der Waals surface area contributed by atoms with Crippen LogP contribution < -0.4 is 0 Å². The fourth-order valence-electron chi connectivity index (χ4n) is 2.34. The van der Waals surface area contributed by atoms with Gasteiger partial charge in [0.25, 0.3) is 0 Å². The van der Waals surface area contributed by atoms with Crippen LogP contribution in [0.1, 0.15) is 29.9 Å². The lowest BCUT2D eigenvalue weighted by Crippen LogP contribution is -2.37. The zero-order valence-corrected chi connectivity index (χ0v) is 8.92. The number of carboxylic acid groups (broad SMARTS) is 1. The Hall–Kier alpha value is -1.52. The molecule has 0 bridgehead atoms. The van der Waals surface area contributed by atoms with Crippen molar-refractivity contribution in [3.05, 3.63) is 35.1 Å². The Morgan fingerprint density at radius 2 is 2.12 bits per heavy atom. The van der Waals surface area contributed by atoms with Crippen molar-refractivity contribution in [1.29, 1.82) is 0 Å². The van der Waals surface area contributed by atoms with Gasteiger partial charge in [0, 0.05) is 5.56 Å². The number of aryl methyl sites for hydroxylation is 1. The van der Waals surface area contributed by atoms with Crippen molar-refractivity contribution in [2.45, 2.75) is 31.1 Å². The highest BCUT2D eigenvalue weighted by molar-refractivity contribution is 5.77. The van der Waals surface area contributed by atoms with Gasteiger partial charge in [-0.25, -0.2) is 9.18 Å². The summed E-state index contributed by atoms with van der Waals surface area (Å²) in [5.41, 5.74) is 0.355. The number of rotatable bonds is 2. The van der Waals surface area contributed by atoms with Gasteiger partial charge in [-0.05, 0) is 30.9 Å². The zero-order chi connectivity index (χ0) is 12.6. The minimum Gasteiger partial charge on any atom is -0.477 e. The van der Waals surface area contributed by atoms with Crippen LogP contribution in [0.3, 0.4) is 0 Å². The van der Waals surface area contributed by atoms with E-state index < -0.39 is 23.6 Å². The number of fused-ring (bicyclic) bond motifs is 1. The van der Waals surface area contributed by atoms with E-state index in [0.717, 1.165) is 6.07 Å². The van der Waals surface area contributed by atoms with Crippen LogP contribution in [0.2, 0.25) is 0 Å². The number of aliphatic carboxylic acids is 1. The number of carboxylic acids is 1. The molecule has 2 nitrogen and oxygen atoms in total. The Morgan fingerprint density at radius 3 is 2.76 bits per heavy atom. The maximum Gasteiger partial charge on any atom is 0.375 e. The zero-order valence-electron chi connectivity index (χ0n) is 8.92. The molecule has 1 aliphatic rings. The quantitative estimate of drug-likeness (QED) is 0.868. The van der Waals surface area contributed by atoms with E-state index in [4.69, 9.17) is 5.11 Å². The molecule has 0 saturated carbocycles. The highest BCUT2D eigenvalue weighted by Gasteiger charge is 2.50. The third-order valence-electron chi connectivity index (χ3n) is 3.15. The number of carbonyl (C=O) groups is 1. The van der Waals surface area contributed by atoms with Crippen molar-refractivity contribution < 1.29 is 23.1 Å². The van der Waals surface area contributed by atoms with E-state index in [0.29, 0.717) is 18.4 Å². The first kappa shape index (κ1) is 12.0. The Bertz CT molecular complexity index is 457. The Kier molecular flexibility index (Phi) is 2.85. The summed E-state index contributed by atoms with van der Waals surface area (Å²) in [6.07, 6.45) is 0.955. The molecule has 0 amide bonds. The van der Waals surface area contributed by atoms with Gasteiger partial charge in [0.2, 0.25) is 0 Å². The van der Waals surface area contributed by atoms with Gasteiger partial charge in [0.1, 0.15) is 5.82 Å². The number of hydrogen-bond donors (Lipinski definition) is 1. The maximum atomic E-state index is 13.6. The molecule has 1 N–H and O–H groups in total. The second-order valence-electron chi connectivity index (χ2n) is 4.19. The van der Waals surface area contributed by atoms with Crippen molar-refractivity contribution in [3.8, 4) is 0 Å². The fourth-order valence-corrected chi connectivity index (χ4v) is 2.34. The lowest BCUT2D eigenvalue weighted by Gasteiger charge is -2.29. The molecule has 1 unspecified atom stereocenters. The molecule has 92 valence electrons. The molecule has 1 aromatic rings. The van der Waals surface area contributed by atoms with Crippen molar-refractivity contribution >= 4 is 5.97 Å². The van der Waals surface area contributed by atoms with Crippen LogP contribution in [0.15, 0.2) is 18.2 Å². The lowest BCUT2D eigenvalue weighted by atomic mass is 9.79. The molecule has 0 aliphatic heterocycles. The van der Waals surface area contributed by atoms with Gasteiger partial charge in [-0.15, -0.1) is 0 Å². The van der Waals surface area contributed by atoms with E-state index in [1.807, 2.05) is 0 Å². The second kappa shape index (κ2) is 4.05. The number of halogens is 3. The first-order valence-corrected chi connectivity index (χ1v) is 5.33. The van der Waals surface area contributed by atoms with Gasteiger partial charge in [-0.2, -0.15) is 8.78 Å². The molecule has 0 saturated heterocycles. The summed E-state index contributed by atoms with van der Waals surface area (Å²) >= 11 is 0. The first-order valence-electron chi connectivity index (χ1n) is 5.33. The van der Waals surface area contributed by atoms with E-state index in [9.17, 15) is 18.0 Å². The Morgan fingerprint density at radius 1 is 1.41 bits per heavy atom. The lowest BCUT2D eigenvalue weighted by molar-refractivity contribution is -0.169. The van der Waals surface area contributed by atoms with E-state index >= 15 is 0 Å². The van der Waals surface area contributed by atoms with Crippen LogP contribution in [-0.2, 0) is 11.2 Å². The second-order valence-corrected chi connectivity index (χ2v) is 4.19. The number of hydrogen-bond acceptors (Lipinski definition) is 1. The molecule has 17 heavy (non-hydrogen) atoms. The SMILES string of the molecule is O=C(O)C(F)(F)C1CCCc2cccc(F)c21. The molecule has 0 fully saturated rings. The summed E-state index contributed by atoms with van der Waals surface area (Å²) in [5.74, 6) is -8.42. The normalized spacial score (nSPS) is 19.8. The molecule has 1 atom stereocenters. The molecule has 2 rings (SSSR count). The van der Waals surface area contributed by atoms with Crippen molar-refractivity contribution in [2.75, 3.05) is 0 Å². The number of alkyl halides is 2. The predicted molar refractivity (Wildman–Crippen MR) is 54.7 cm³/mol. The molecular weight excluding hydrogens is 233 g/mol. The van der Waals surface area contributed by atoms with Crippen molar-refractivity contribution in [3.63, 3.8) is 0 Å².